The van der Waals surface area contributed by atoms with E-state index in [0.717, 1.165) is 19.3 Å². The monoisotopic (exact) mass is 396 g/mol. The Morgan fingerprint density at radius 3 is 2.13 bits per heavy atom. The molecule has 0 amide bonds. The van der Waals surface area contributed by atoms with E-state index in [-0.39, 0.29) is 0 Å². The van der Waals surface area contributed by atoms with Crippen LogP contribution in [0.1, 0.15) is 106 Å². The third-order valence-electron chi connectivity index (χ3n) is 7.36. The Labute approximate surface area is 183 Å². The molecule has 0 bridgehead atoms. The van der Waals surface area contributed by atoms with E-state index in [1.54, 1.807) is 11.1 Å². The first kappa shape index (κ1) is 20.9. The fourth-order valence-corrected chi connectivity index (χ4v) is 5.76. The molecule has 2 aromatic carbocycles. The highest BCUT2D eigenvalue weighted by atomic mass is 14.3. The molecule has 0 fully saturated rings. The topological polar surface area (TPSA) is 0 Å². The van der Waals surface area contributed by atoms with Crippen LogP contribution in [-0.4, -0.2) is 0 Å². The quantitative estimate of drug-likeness (QED) is 0.428. The summed E-state index contributed by atoms with van der Waals surface area (Å²) < 4.78 is 0. The van der Waals surface area contributed by atoms with E-state index in [1.165, 1.54) is 44.5 Å². The van der Waals surface area contributed by atoms with Crippen LogP contribution >= 0.6 is 0 Å². The Morgan fingerprint density at radius 1 is 0.867 bits per heavy atom. The van der Waals surface area contributed by atoms with E-state index in [0.29, 0.717) is 17.8 Å². The summed E-state index contributed by atoms with van der Waals surface area (Å²) in [7, 11) is 0. The predicted molar refractivity (Wildman–Crippen MR) is 132 cm³/mol. The second-order valence-corrected chi connectivity index (χ2v) is 9.77. The van der Waals surface area contributed by atoms with Crippen molar-refractivity contribution in [2.45, 2.75) is 78.6 Å². The van der Waals surface area contributed by atoms with E-state index < -0.39 is 0 Å². The van der Waals surface area contributed by atoms with Crippen molar-refractivity contribution in [1.29, 1.82) is 0 Å². The van der Waals surface area contributed by atoms with Crippen molar-refractivity contribution in [2.75, 3.05) is 0 Å². The van der Waals surface area contributed by atoms with Gasteiger partial charge in [-0.2, -0.15) is 0 Å². The molecule has 1 atom stereocenters. The van der Waals surface area contributed by atoms with Crippen molar-refractivity contribution in [3.05, 3.63) is 93.6 Å². The van der Waals surface area contributed by atoms with Crippen molar-refractivity contribution < 1.29 is 0 Å². The van der Waals surface area contributed by atoms with Crippen LogP contribution in [0, 0.1) is 0 Å². The summed E-state index contributed by atoms with van der Waals surface area (Å²) in [6.07, 6.45) is 5.57. The maximum Gasteiger partial charge on any atom is 0.0237 e. The Bertz CT molecular complexity index is 1060. The van der Waals surface area contributed by atoms with E-state index in [1.807, 2.05) is 0 Å². The van der Waals surface area contributed by atoms with Gasteiger partial charge in [-0.05, 0) is 89.5 Å². The zero-order valence-corrected chi connectivity index (χ0v) is 19.6. The van der Waals surface area contributed by atoms with Gasteiger partial charge in [0.05, 0.1) is 0 Å². The fourth-order valence-electron chi connectivity index (χ4n) is 5.76. The highest BCUT2D eigenvalue weighted by Crippen LogP contribution is 2.48. The average molecular weight is 397 g/mol. The van der Waals surface area contributed by atoms with Gasteiger partial charge in [0, 0.05) is 5.92 Å². The molecule has 0 saturated heterocycles. The van der Waals surface area contributed by atoms with Crippen LogP contribution in [0.15, 0.2) is 60.2 Å². The first-order valence-corrected chi connectivity index (χ1v) is 11.6. The van der Waals surface area contributed by atoms with Crippen molar-refractivity contribution in [3.63, 3.8) is 0 Å². The zero-order valence-electron chi connectivity index (χ0n) is 19.6. The molecule has 1 unspecified atom stereocenters. The number of fused-ring (bicyclic) bond motifs is 2. The van der Waals surface area contributed by atoms with Gasteiger partial charge in [0.2, 0.25) is 0 Å². The fraction of sp³-hybridized carbons (Fsp3) is 0.400. The molecular weight excluding hydrogens is 360 g/mol. The average Bonchev–Trinajstić information content (AvgIpc) is 3.19. The molecule has 2 aliphatic carbocycles. The van der Waals surface area contributed by atoms with Gasteiger partial charge in [0.15, 0.2) is 0 Å². The molecule has 0 spiro atoms. The molecular formula is C30H36. The lowest BCUT2D eigenvalue weighted by Gasteiger charge is -2.15. The minimum Gasteiger partial charge on any atom is -0.102 e. The van der Waals surface area contributed by atoms with E-state index in [9.17, 15) is 0 Å². The molecule has 2 aliphatic rings. The molecule has 0 aromatic heterocycles. The third kappa shape index (κ3) is 3.31. The Morgan fingerprint density at radius 2 is 1.50 bits per heavy atom. The van der Waals surface area contributed by atoms with Crippen LogP contribution in [0.25, 0.3) is 11.1 Å². The van der Waals surface area contributed by atoms with Gasteiger partial charge >= 0.3 is 0 Å². The standard InChI is InChI=1S/C30H36/c1-8-24-27(21(7)30-26(19(4)5)13-10-14-28(24)30)16-15-22-17-23-11-9-12-25(18(2)3)29(23)20(22)6/h8-14,18-19,24H,1,15-17H2,2-7H3. The van der Waals surface area contributed by atoms with Crippen LogP contribution in [0.2, 0.25) is 0 Å². The number of allylic oxidation sites excluding steroid dienone is 5. The van der Waals surface area contributed by atoms with Crippen molar-refractivity contribution >= 4 is 11.1 Å². The highest BCUT2D eigenvalue weighted by Gasteiger charge is 2.30. The Hall–Kier alpha value is -2.34. The number of rotatable bonds is 6. The van der Waals surface area contributed by atoms with E-state index in [2.05, 4.69) is 90.6 Å². The summed E-state index contributed by atoms with van der Waals surface area (Å²) in [5.41, 5.74) is 15.2. The second-order valence-electron chi connectivity index (χ2n) is 9.77. The van der Waals surface area contributed by atoms with Gasteiger partial charge in [-0.25, -0.2) is 0 Å². The lowest BCUT2D eigenvalue weighted by Crippen LogP contribution is -1.98. The molecule has 0 nitrogen and oxygen atoms in total. The summed E-state index contributed by atoms with van der Waals surface area (Å²) in [5, 5.41) is 0. The third-order valence-corrected chi connectivity index (χ3v) is 7.36. The van der Waals surface area contributed by atoms with Gasteiger partial charge in [-0.15, -0.1) is 6.58 Å². The van der Waals surface area contributed by atoms with Gasteiger partial charge < -0.3 is 0 Å². The smallest absolute Gasteiger partial charge is 0.0237 e. The first-order valence-electron chi connectivity index (χ1n) is 11.6. The van der Waals surface area contributed by atoms with Gasteiger partial charge in [0.25, 0.3) is 0 Å². The predicted octanol–water partition coefficient (Wildman–Crippen LogP) is 8.80. The first-order chi connectivity index (χ1) is 14.3. The normalized spacial score (nSPS) is 17.9. The number of benzene rings is 2. The Balaban J connectivity index is 1.65. The molecule has 4 rings (SSSR count). The molecule has 0 heteroatoms. The van der Waals surface area contributed by atoms with Crippen LogP contribution < -0.4 is 0 Å². The zero-order chi connectivity index (χ0) is 21.6. The van der Waals surface area contributed by atoms with Gasteiger partial charge in [-0.1, -0.05) is 81.3 Å². The van der Waals surface area contributed by atoms with Crippen LogP contribution in [-0.2, 0) is 6.42 Å². The Kier molecular flexibility index (Phi) is 5.62. The maximum atomic E-state index is 4.21. The SMILES string of the molecule is C=CC1C(CCC2=C(C)c3c(cccc3C(C)C)C2)=C(C)c2c(C(C)C)cccc21. The van der Waals surface area contributed by atoms with E-state index >= 15 is 0 Å². The summed E-state index contributed by atoms with van der Waals surface area (Å²) in [5.74, 6) is 1.49. The van der Waals surface area contributed by atoms with Crippen molar-refractivity contribution in [3.8, 4) is 0 Å². The molecule has 0 heterocycles. The summed E-state index contributed by atoms with van der Waals surface area (Å²) in [4.78, 5) is 0. The second kappa shape index (κ2) is 8.06. The lowest BCUT2D eigenvalue weighted by atomic mass is 9.89. The van der Waals surface area contributed by atoms with Crippen LogP contribution in [0.5, 0.6) is 0 Å². The number of hydrogen-bond donors (Lipinski definition) is 0. The highest BCUT2D eigenvalue weighted by molar-refractivity contribution is 5.81. The van der Waals surface area contributed by atoms with Crippen LogP contribution in [0.3, 0.4) is 0 Å². The maximum absolute atomic E-state index is 4.21. The minimum atomic E-state index is 0.370. The lowest BCUT2D eigenvalue weighted by molar-refractivity contribution is 0.840. The molecule has 0 radical (unpaired) electrons. The molecule has 156 valence electrons. The van der Waals surface area contributed by atoms with Crippen molar-refractivity contribution in [2.24, 2.45) is 0 Å². The molecule has 0 aliphatic heterocycles. The molecule has 30 heavy (non-hydrogen) atoms. The molecule has 0 saturated carbocycles. The number of hydrogen-bond acceptors (Lipinski definition) is 0. The molecule has 2 aromatic rings. The molecule has 0 N–H and O–H groups in total. The largest absolute Gasteiger partial charge is 0.102 e. The van der Waals surface area contributed by atoms with Gasteiger partial charge in [0.1, 0.15) is 0 Å². The van der Waals surface area contributed by atoms with Crippen molar-refractivity contribution in [1.82, 2.24) is 0 Å². The van der Waals surface area contributed by atoms with Gasteiger partial charge in [-0.3, -0.25) is 0 Å². The van der Waals surface area contributed by atoms with E-state index in [4.69, 9.17) is 0 Å². The minimum absolute atomic E-state index is 0.370. The summed E-state index contributed by atoms with van der Waals surface area (Å²) in [6, 6.07) is 13.7. The van der Waals surface area contributed by atoms with Crippen LogP contribution in [0.4, 0.5) is 0 Å². The summed E-state index contributed by atoms with van der Waals surface area (Å²) >= 11 is 0. The summed E-state index contributed by atoms with van der Waals surface area (Å²) in [6.45, 7) is 18.1.